The standard InChI is InChI=1S/C24H40O5/c1-13(4-7-21(28)29)16-5-6-17-22-18(12-20(27)24(16,17)3)23(2)9-8-15(25)10-14(23)11-19(22)26/h13-20,22,25-27H,4-12H2,1-3H3,(H,28,29)/t13-,14-,15-,16?,17+,18-,19-,20+,22-,23+,24+/m1/s1. The molecule has 0 bridgehead atoms. The Labute approximate surface area is 174 Å². The van der Waals surface area contributed by atoms with Gasteiger partial charge in [-0.05, 0) is 97.7 Å². The third-order valence-corrected chi connectivity index (χ3v) is 10.3. The zero-order valence-corrected chi connectivity index (χ0v) is 18.3. The first kappa shape index (κ1) is 21.6. The summed E-state index contributed by atoms with van der Waals surface area (Å²) in [6, 6.07) is 0. The van der Waals surface area contributed by atoms with Gasteiger partial charge in [0.2, 0.25) is 0 Å². The Balaban J connectivity index is 1.61. The number of hydrogen-bond acceptors (Lipinski definition) is 4. The highest BCUT2D eigenvalue weighted by Crippen LogP contribution is 2.68. The van der Waals surface area contributed by atoms with Crippen molar-refractivity contribution in [1.29, 1.82) is 0 Å². The summed E-state index contributed by atoms with van der Waals surface area (Å²) < 4.78 is 0. The number of aliphatic carboxylic acids is 1. The van der Waals surface area contributed by atoms with Gasteiger partial charge in [-0.2, -0.15) is 0 Å². The summed E-state index contributed by atoms with van der Waals surface area (Å²) in [5.41, 5.74) is -0.143. The van der Waals surface area contributed by atoms with E-state index in [-0.39, 0.29) is 41.3 Å². The van der Waals surface area contributed by atoms with Crippen molar-refractivity contribution in [2.45, 2.75) is 96.9 Å². The molecule has 4 fully saturated rings. The van der Waals surface area contributed by atoms with Crippen molar-refractivity contribution in [3.8, 4) is 0 Å². The van der Waals surface area contributed by atoms with Crippen molar-refractivity contribution >= 4 is 5.97 Å². The molecule has 4 aliphatic carbocycles. The second-order valence-electron chi connectivity index (χ2n) is 11.4. The van der Waals surface area contributed by atoms with E-state index >= 15 is 0 Å². The fourth-order valence-corrected chi connectivity index (χ4v) is 8.68. The maximum absolute atomic E-state index is 11.5. The number of aliphatic hydroxyl groups excluding tert-OH is 3. The average Bonchev–Trinajstić information content (AvgIpc) is 3.01. The minimum Gasteiger partial charge on any atom is -0.481 e. The van der Waals surface area contributed by atoms with E-state index in [1.165, 1.54) is 0 Å². The van der Waals surface area contributed by atoms with Crippen LogP contribution in [0.25, 0.3) is 0 Å². The van der Waals surface area contributed by atoms with Crippen LogP contribution in [0, 0.1) is 46.3 Å². The van der Waals surface area contributed by atoms with Gasteiger partial charge in [0.1, 0.15) is 0 Å². The van der Waals surface area contributed by atoms with Gasteiger partial charge >= 0.3 is 5.97 Å². The molecule has 0 amide bonds. The molecule has 4 N–H and O–H groups in total. The summed E-state index contributed by atoms with van der Waals surface area (Å²) in [5.74, 6) is 0.997. The Hall–Kier alpha value is -0.650. The molecule has 4 aliphatic rings. The maximum atomic E-state index is 11.5. The average molecular weight is 409 g/mol. The largest absolute Gasteiger partial charge is 0.481 e. The van der Waals surface area contributed by atoms with Gasteiger partial charge < -0.3 is 20.4 Å². The number of hydrogen-bond donors (Lipinski definition) is 4. The molecule has 0 spiro atoms. The molecular weight excluding hydrogens is 368 g/mol. The molecule has 0 heterocycles. The van der Waals surface area contributed by atoms with Crippen LogP contribution >= 0.6 is 0 Å². The number of fused-ring (bicyclic) bond motifs is 5. The molecule has 0 saturated heterocycles. The van der Waals surface area contributed by atoms with Crippen LogP contribution in [0.4, 0.5) is 0 Å². The van der Waals surface area contributed by atoms with Crippen molar-refractivity contribution < 1.29 is 25.2 Å². The normalized spacial score (nSPS) is 52.9. The SMILES string of the molecule is C[C@H](CCC(=O)O)C1CC[C@H]2[C@H]3[C@H](O)C[C@H]4C[C@H](O)CC[C@]4(C)[C@@H]3C[C@H](O)[C@@]12C. The Kier molecular flexibility index (Phi) is 5.57. The monoisotopic (exact) mass is 408 g/mol. The van der Waals surface area contributed by atoms with E-state index in [0.717, 1.165) is 44.9 Å². The van der Waals surface area contributed by atoms with Gasteiger partial charge in [0.25, 0.3) is 0 Å². The van der Waals surface area contributed by atoms with Crippen molar-refractivity contribution in [1.82, 2.24) is 0 Å². The Morgan fingerprint density at radius 2 is 1.76 bits per heavy atom. The van der Waals surface area contributed by atoms with Crippen molar-refractivity contribution in [2.24, 2.45) is 46.3 Å². The van der Waals surface area contributed by atoms with Crippen molar-refractivity contribution in [3.63, 3.8) is 0 Å². The molecule has 11 atom stereocenters. The van der Waals surface area contributed by atoms with Gasteiger partial charge in [-0.25, -0.2) is 0 Å². The van der Waals surface area contributed by atoms with E-state index in [4.69, 9.17) is 5.11 Å². The van der Waals surface area contributed by atoms with Crippen LogP contribution in [0.15, 0.2) is 0 Å². The quantitative estimate of drug-likeness (QED) is 0.571. The van der Waals surface area contributed by atoms with E-state index in [1.807, 2.05) is 0 Å². The summed E-state index contributed by atoms with van der Waals surface area (Å²) in [7, 11) is 0. The van der Waals surface area contributed by atoms with Crippen LogP contribution in [-0.4, -0.2) is 44.7 Å². The van der Waals surface area contributed by atoms with Gasteiger partial charge in [0.15, 0.2) is 0 Å². The fraction of sp³-hybridized carbons (Fsp3) is 0.958. The number of aliphatic hydroxyl groups is 3. The molecule has 4 rings (SSSR count). The summed E-state index contributed by atoms with van der Waals surface area (Å²) in [6.45, 7) is 6.72. The van der Waals surface area contributed by atoms with Crippen LogP contribution in [0.2, 0.25) is 0 Å². The fourth-order valence-electron chi connectivity index (χ4n) is 8.68. The van der Waals surface area contributed by atoms with Crippen LogP contribution in [0.1, 0.15) is 78.6 Å². The zero-order valence-electron chi connectivity index (χ0n) is 18.3. The van der Waals surface area contributed by atoms with E-state index in [0.29, 0.717) is 30.1 Å². The molecule has 0 aromatic carbocycles. The predicted molar refractivity (Wildman–Crippen MR) is 110 cm³/mol. The lowest BCUT2D eigenvalue weighted by Crippen LogP contribution is -2.62. The highest BCUT2D eigenvalue weighted by atomic mass is 16.4. The van der Waals surface area contributed by atoms with E-state index in [2.05, 4.69) is 20.8 Å². The van der Waals surface area contributed by atoms with Gasteiger partial charge in [-0.15, -0.1) is 0 Å². The van der Waals surface area contributed by atoms with Crippen molar-refractivity contribution in [2.75, 3.05) is 0 Å². The van der Waals surface area contributed by atoms with E-state index in [1.54, 1.807) is 0 Å². The summed E-state index contributed by atoms with van der Waals surface area (Å²) >= 11 is 0. The van der Waals surface area contributed by atoms with Gasteiger partial charge in [0.05, 0.1) is 18.3 Å². The molecule has 0 aromatic rings. The van der Waals surface area contributed by atoms with Crippen LogP contribution in [-0.2, 0) is 4.79 Å². The van der Waals surface area contributed by atoms with Crippen LogP contribution < -0.4 is 0 Å². The molecule has 0 aromatic heterocycles. The molecular formula is C24H40O5. The van der Waals surface area contributed by atoms with Gasteiger partial charge in [-0.1, -0.05) is 20.8 Å². The lowest BCUT2D eigenvalue weighted by Gasteiger charge is -2.63. The lowest BCUT2D eigenvalue weighted by molar-refractivity contribution is -0.207. The lowest BCUT2D eigenvalue weighted by atomic mass is 9.43. The number of carboxylic acids is 1. The molecule has 0 radical (unpaired) electrons. The summed E-state index contributed by atoms with van der Waals surface area (Å²) in [5, 5.41) is 42.0. The smallest absolute Gasteiger partial charge is 0.303 e. The van der Waals surface area contributed by atoms with E-state index < -0.39 is 12.1 Å². The number of carbonyl (C=O) groups is 1. The topological polar surface area (TPSA) is 98.0 Å². The number of rotatable bonds is 4. The van der Waals surface area contributed by atoms with Crippen LogP contribution in [0.5, 0.6) is 0 Å². The number of carboxylic acid groups (broad SMARTS) is 1. The highest BCUT2D eigenvalue weighted by Gasteiger charge is 2.65. The second-order valence-corrected chi connectivity index (χ2v) is 11.4. The minimum absolute atomic E-state index is 0.0957. The molecule has 0 aliphatic heterocycles. The van der Waals surface area contributed by atoms with E-state index in [9.17, 15) is 20.1 Å². The molecule has 5 heteroatoms. The molecule has 5 nitrogen and oxygen atoms in total. The molecule has 1 unspecified atom stereocenters. The summed E-state index contributed by atoms with van der Waals surface area (Å²) in [4.78, 5) is 11.1. The molecule has 29 heavy (non-hydrogen) atoms. The highest BCUT2D eigenvalue weighted by molar-refractivity contribution is 5.66. The van der Waals surface area contributed by atoms with Gasteiger partial charge in [-0.3, -0.25) is 4.79 Å². The van der Waals surface area contributed by atoms with Crippen LogP contribution in [0.3, 0.4) is 0 Å². The minimum atomic E-state index is -0.748. The first-order valence-electron chi connectivity index (χ1n) is 11.8. The third-order valence-electron chi connectivity index (χ3n) is 10.3. The molecule has 4 saturated carbocycles. The Morgan fingerprint density at radius 1 is 1.03 bits per heavy atom. The Bertz CT molecular complexity index is 637. The zero-order chi connectivity index (χ0) is 21.1. The van der Waals surface area contributed by atoms with Crippen molar-refractivity contribution in [3.05, 3.63) is 0 Å². The Morgan fingerprint density at radius 3 is 2.45 bits per heavy atom. The predicted octanol–water partition coefficient (Wildman–Crippen LogP) is 3.45. The van der Waals surface area contributed by atoms with Gasteiger partial charge in [0, 0.05) is 6.42 Å². The first-order valence-corrected chi connectivity index (χ1v) is 11.8. The maximum Gasteiger partial charge on any atom is 0.303 e. The summed E-state index contributed by atoms with van der Waals surface area (Å²) in [6.07, 6.45) is 6.00. The molecule has 166 valence electrons. The third kappa shape index (κ3) is 3.27. The second kappa shape index (κ2) is 7.49. The first-order chi connectivity index (χ1) is 13.6.